The second kappa shape index (κ2) is 6.28. The van der Waals surface area contributed by atoms with Gasteiger partial charge in [-0.1, -0.05) is 30.4 Å². The molecule has 0 radical (unpaired) electrons. The van der Waals surface area contributed by atoms with Crippen LogP contribution in [0.3, 0.4) is 0 Å². The first-order valence-corrected chi connectivity index (χ1v) is 7.82. The number of hydrogen-bond donors (Lipinski definition) is 0. The fourth-order valence-electron chi connectivity index (χ4n) is 3.05. The molecule has 5 heteroatoms. The normalized spacial score (nSPS) is 13.7. The van der Waals surface area contributed by atoms with E-state index in [0.29, 0.717) is 16.7 Å². The van der Waals surface area contributed by atoms with E-state index in [1.54, 1.807) is 36.7 Å². The van der Waals surface area contributed by atoms with Crippen molar-refractivity contribution in [2.24, 2.45) is 7.05 Å². The lowest BCUT2D eigenvalue weighted by molar-refractivity contribution is -0.385. The van der Waals surface area contributed by atoms with Crippen LogP contribution in [0.5, 0.6) is 0 Å². The van der Waals surface area contributed by atoms with Crippen LogP contribution in [0.1, 0.15) is 24.1 Å². The van der Waals surface area contributed by atoms with Gasteiger partial charge in [0.1, 0.15) is 0 Å². The van der Waals surface area contributed by atoms with Gasteiger partial charge in [-0.2, -0.15) is 0 Å². The average molecular weight is 322 g/mol. The van der Waals surface area contributed by atoms with Gasteiger partial charge in [-0.05, 0) is 43.0 Å². The summed E-state index contributed by atoms with van der Waals surface area (Å²) in [6, 6.07) is 8.47. The SMILES string of the molecule is Cc1c(-c2ccc(C3=CCCC=C3)n(C)c2=O)cccc1[N+](=O)[O-]. The molecule has 1 aliphatic rings. The fraction of sp³-hybridized carbons (Fsp3) is 0.211. The summed E-state index contributed by atoms with van der Waals surface area (Å²) in [4.78, 5) is 23.5. The summed E-state index contributed by atoms with van der Waals surface area (Å²) in [5.74, 6) is 0. The minimum atomic E-state index is -0.421. The van der Waals surface area contributed by atoms with Gasteiger partial charge in [-0.3, -0.25) is 14.9 Å². The molecular formula is C19H18N2O3. The molecule has 0 unspecified atom stereocenters. The summed E-state index contributed by atoms with van der Waals surface area (Å²) in [5.41, 5.74) is 3.33. The topological polar surface area (TPSA) is 65.1 Å². The molecule has 1 aromatic heterocycles. The van der Waals surface area contributed by atoms with Gasteiger partial charge in [-0.25, -0.2) is 0 Å². The molecule has 0 fully saturated rings. The highest BCUT2D eigenvalue weighted by molar-refractivity contribution is 5.76. The number of allylic oxidation sites excluding steroid dienone is 4. The molecule has 0 amide bonds. The second-order valence-electron chi connectivity index (χ2n) is 5.84. The summed E-state index contributed by atoms with van der Waals surface area (Å²) in [6.45, 7) is 1.67. The molecule has 2 aromatic rings. The second-order valence-corrected chi connectivity index (χ2v) is 5.84. The van der Waals surface area contributed by atoms with Crippen LogP contribution in [0.2, 0.25) is 0 Å². The summed E-state index contributed by atoms with van der Waals surface area (Å²) in [5, 5.41) is 11.1. The molecule has 0 N–H and O–H groups in total. The molecule has 122 valence electrons. The van der Waals surface area contributed by atoms with E-state index >= 15 is 0 Å². The minimum absolute atomic E-state index is 0.0246. The number of rotatable bonds is 3. The molecule has 24 heavy (non-hydrogen) atoms. The van der Waals surface area contributed by atoms with E-state index in [2.05, 4.69) is 12.2 Å². The van der Waals surface area contributed by atoms with Gasteiger partial charge in [0.2, 0.25) is 0 Å². The third kappa shape index (κ3) is 2.69. The molecule has 1 aliphatic carbocycles. The summed E-state index contributed by atoms with van der Waals surface area (Å²) >= 11 is 0. The first-order chi connectivity index (χ1) is 11.5. The Morgan fingerprint density at radius 2 is 1.92 bits per heavy atom. The lowest BCUT2D eigenvalue weighted by atomic mass is 9.98. The number of pyridine rings is 1. The Morgan fingerprint density at radius 3 is 2.58 bits per heavy atom. The van der Waals surface area contributed by atoms with Gasteiger partial charge in [0, 0.05) is 24.2 Å². The smallest absolute Gasteiger partial charge is 0.272 e. The van der Waals surface area contributed by atoms with Crippen molar-refractivity contribution in [1.29, 1.82) is 0 Å². The largest absolute Gasteiger partial charge is 0.311 e. The van der Waals surface area contributed by atoms with Crippen molar-refractivity contribution in [1.82, 2.24) is 4.57 Å². The van der Waals surface area contributed by atoms with E-state index in [-0.39, 0.29) is 11.2 Å². The highest BCUT2D eigenvalue weighted by Crippen LogP contribution is 2.29. The van der Waals surface area contributed by atoms with Gasteiger partial charge in [0.05, 0.1) is 10.6 Å². The average Bonchev–Trinajstić information content (AvgIpc) is 2.58. The maximum absolute atomic E-state index is 12.8. The zero-order chi connectivity index (χ0) is 17.3. The van der Waals surface area contributed by atoms with Gasteiger partial charge in [-0.15, -0.1) is 0 Å². The Labute approximate surface area is 139 Å². The van der Waals surface area contributed by atoms with Crippen LogP contribution in [-0.4, -0.2) is 9.49 Å². The molecular weight excluding hydrogens is 304 g/mol. The van der Waals surface area contributed by atoms with E-state index in [1.807, 2.05) is 12.1 Å². The van der Waals surface area contributed by atoms with Gasteiger partial charge in [0.15, 0.2) is 0 Å². The summed E-state index contributed by atoms with van der Waals surface area (Å²) < 4.78 is 1.61. The Hall–Kier alpha value is -2.95. The molecule has 0 atom stereocenters. The number of benzene rings is 1. The van der Waals surface area contributed by atoms with Crippen LogP contribution in [0.4, 0.5) is 5.69 Å². The monoisotopic (exact) mass is 322 g/mol. The molecule has 1 aromatic carbocycles. The molecule has 0 bridgehead atoms. The van der Waals surface area contributed by atoms with E-state index in [1.165, 1.54) is 6.07 Å². The van der Waals surface area contributed by atoms with Gasteiger partial charge >= 0.3 is 0 Å². The van der Waals surface area contributed by atoms with Crippen molar-refractivity contribution >= 4 is 11.3 Å². The molecule has 0 spiro atoms. The third-order valence-electron chi connectivity index (χ3n) is 4.39. The zero-order valence-electron chi connectivity index (χ0n) is 13.7. The number of nitro groups is 1. The van der Waals surface area contributed by atoms with Crippen LogP contribution in [0.25, 0.3) is 16.7 Å². The van der Waals surface area contributed by atoms with Crippen molar-refractivity contribution in [3.05, 3.63) is 80.3 Å². The molecule has 3 rings (SSSR count). The first kappa shape index (κ1) is 15.9. The van der Waals surface area contributed by atoms with E-state index < -0.39 is 4.92 Å². The Kier molecular flexibility index (Phi) is 4.16. The van der Waals surface area contributed by atoms with Crippen molar-refractivity contribution in [3.8, 4) is 11.1 Å². The van der Waals surface area contributed by atoms with Crippen molar-refractivity contribution in [2.45, 2.75) is 19.8 Å². The molecule has 1 heterocycles. The molecule has 0 saturated carbocycles. The summed E-state index contributed by atoms with van der Waals surface area (Å²) in [6.07, 6.45) is 8.22. The van der Waals surface area contributed by atoms with Crippen molar-refractivity contribution < 1.29 is 4.92 Å². The highest BCUT2D eigenvalue weighted by Gasteiger charge is 2.17. The van der Waals surface area contributed by atoms with Gasteiger partial charge in [0.25, 0.3) is 11.2 Å². The lowest BCUT2D eigenvalue weighted by Crippen LogP contribution is -2.21. The lowest BCUT2D eigenvalue weighted by Gasteiger charge is -2.14. The van der Waals surface area contributed by atoms with Crippen LogP contribution in [0.15, 0.2) is 53.4 Å². The number of nitrogens with zero attached hydrogens (tertiary/aromatic N) is 2. The van der Waals surface area contributed by atoms with Crippen LogP contribution >= 0.6 is 0 Å². The molecule has 0 aliphatic heterocycles. The van der Waals surface area contributed by atoms with Crippen LogP contribution < -0.4 is 5.56 Å². The van der Waals surface area contributed by atoms with E-state index in [9.17, 15) is 14.9 Å². The van der Waals surface area contributed by atoms with Crippen LogP contribution in [0, 0.1) is 17.0 Å². The third-order valence-corrected chi connectivity index (χ3v) is 4.39. The molecule has 0 saturated heterocycles. The van der Waals surface area contributed by atoms with Crippen LogP contribution in [-0.2, 0) is 7.05 Å². The Balaban J connectivity index is 2.15. The predicted octanol–water partition coefficient (Wildman–Crippen LogP) is 4.00. The van der Waals surface area contributed by atoms with E-state index in [4.69, 9.17) is 0 Å². The quantitative estimate of drug-likeness (QED) is 0.633. The van der Waals surface area contributed by atoms with Crippen molar-refractivity contribution in [3.63, 3.8) is 0 Å². The highest BCUT2D eigenvalue weighted by atomic mass is 16.6. The number of nitro benzene ring substituents is 1. The van der Waals surface area contributed by atoms with E-state index in [0.717, 1.165) is 24.1 Å². The number of hydrogen-bond acceptors (Lipinski definition) is 3. The Morgan fingerprint density at radius 1 is 1.12 bits per heavy atom. The molecule has 5 nitrogen and oxygen atoms in total. The Bertz CT molecular complexity index is 936. The fourth-order valence-corrected chi connectivity index (χ4v) is 3.05. The first-order valence-electron chi connectivity index (χ1n) is 7.82. The maximum Gasteiger partial charge on any atom is 0.272 e. The van der Waals surface area contributed by atoms with Crippen molar-refractivity contribution in [2.75, 3.05) is 0 Å². The van der Waals surface area contributed by atoms with Gasteiger partial charge < -0.3 is 4.57 Å². The summed E-state index contributed by atoms with van der Waals surface area (Å²) in [7, 11) is 1.73. The standard InChI is InChI=1S/C19H18N2O3/c1-13-15(9-6-10-17(13)21(23)24)16-11-12-18(20(2)19(16)22)14-7-4-3-5-8-14/h4,6-12H,3,5H2,1-2H3. The predicted molar refractivity (Wildman–Crippen MR) is 94.9 cm³/mol. The number of aromatic nitrogens is 1. The zero-order valence-corrected chi connectivity index (χ0v) is 13.7. The maximum atomic E-state index is 12.8. The minimum Gasteiger partial charge on any atom is -0.311 e.